The molecule has 0 heterocycles. The quantitative estimate of drug-likeness (QED) is 0.800. The largest absolute Gasteiger partial charge is 0.493 e. The van der Waals surface area contributed by atoms with Crippen molar-refractivity contribution in [1.29, 1.82) is 0 Å². The van der Waals surface area contributed by atoms with Gasteiger partial charge in [-0.05, 0) is 37.3 Å². The van der Waals surface area contributed by atoms with Gasteiger partial charge in [-0.3, -0.25) is 4.79 Å². The third-order valence-electron chi connectivity index (χ3n) is 4.76. The average molecular weight is 354 g/mol. The number of carbonyl (C=O) groups excluding carboxylic acids is 1. The van der Waals surface area contributed by atoms with Crippen molar-refractivity contribution in [2.45, 2.75) is 44.4 Å². The summed E-state index contributed by atoms with van der Waals surface area (Å²) in [4.78, 5) is 12.4. The molecule has 2 aromatic carbocycles. The van der Waals surface area contributed by atoms with E-state index in [1.165, 1.54) is 12.8 Å². The monoisotopic (exact) mass is 354 g/mol. The van der Waals surface area contributed by atoms with E-state index in [1.54, 1.807) is 7.11 Å². The second-order valence-corrected chi connectivity index (χ2v) is 6.58. The lowest BCUT2D eigenvalue weighted by atomic mass is 10.1. The van der Waals surface area contributed by atoms with E-state index >= 15 is 0 Å². The number of nitrogens with one attached hydrogen (secondary N) is 1. The van der Waals surface area contributed by atoms with Crippen LogP contribution in [0.4, 0.5) is 0 Å². The van der Waals surface area contributed by atoms with Gasteiger partial charge in [0.2, 0.25) is 5.91 Å². The lowest BCUT2D eigenvalue weighted by Crippen LogP contribution is -2.33. The van der Waals surface area contributed by atoms with E-state index in [1.807, 2.05) is 48.5 Å². The first-order valence-corrected chi connectivity index (χ1v) is 9.10. The van der Waals surface area contributed by atoms with Gasteiger partial charge in [-0.15, -0.1) is 0 Å². The Morgan fingerprint density at radius 2 is 1.88 bits per heavy atom. The van der Waals surface area contributed by atoms with Crippen LogP contribution >= 0.6 is 0 Å². The lowest BCUT2D eigenvalue weighted by molar-refractivity contribution is -0.122. The smallest absolute Gasteiger partial charge is 0.241 e. The molecule has 1 atom stereocenters. The van der Waals surface area contributed by atoms with E-state index in [2.05, 4.69) is 5.32 Å². The van der Waals surface area contributed by atoms with E-state index < -0.39 is 6.04 Å². The Kier molecular flexibility index (Phi) is 6.12. The first kappa shape index (κ1) is 18.3. The van der Waals surface area contributed by atoms with Crippen molar-refractivity contribution in [3.05, 3.63) is 59.7 Å². The number of para-hydroxylation sites is 1. The summed E-state index contributed by atoms with van der Waals surface area (Å²) in [7, 11) is 1.63. The van der Waals surface area contributed by atoms with Crippen LogP contribution in [-0.2, 0) is 11.3 Å². The molecule has 5 nitrogen and oxygen atoms in total. The maximum atomic E-state index is 12.4. The second-order valence-electron chi connectivity index (χ2n) is 6.58. The Hall–Kier alpha value is -2.53. The topological polar surface area (TPSA) is 73.6 Å². The molecule has 0 aromatic heterocycles. The number of carbonyl (C=O) groups is 1. The third kappa shape index (κ3) is 4.35. The highest BCUT2D eigenvalue weighted by atomic mass is 16.5. The molecule has 1 unspecified atom stereocenters. The molecule has 0 radical (unpaired) electrons. The van der Waals surface area contributed by atoms with Gasteiger partial charge in [0.15, 0.2) is 11.5 Å². The van der Waals surface area contributed by atoms with Crippen LogP contribution in [0.5, 0.6) is 11.5 Å². The molecule has 138 valence electrons. The Morgan fingerprint density at radius 1 is 1.15 bits per heavy atom. The molecule has 0 saturated heterocycles. The van der Waals surface area contributed by atoms with Crippen molar-refractivity contribution in [2.24, 2.45) is 5.73 Å². The predicted molar refractivity (Wildman–Crippen MR) is 101 cm³/mol. The highest BCUT2D eigenvalue weighted by molar-refractivity contribution is 5.83. The van der Waals surface area contributed by atoms with E-state index in [0.29, 0.717) is 12.3 Å². The summed E-state index contributed by atoms with van der Waals surface area (Å²) in [5, 5.41) is 2.91. The molecule has 1 aliphatic rings. The van der Waals surface area contributed by atoms with E-state index in [4.69, 9.17) is 15.2 Å². The van der Waals surface area contributed by atoms with Gasteiger partial charge >= 0.3 is 0 Å². The Morgan fingerprint density at radius 3 is 2.58 bits per heavy atom. The summed E-state index contributed by atoms with van der Waals surface area (Å²) < 4.78 is 11.7. The van der Waals surface area contributed by atoms with Crippen molar-refractivity contribution >= 4 is 5.91 Å². The summed E-state index contributed by atoms with van der Waals surface area (Å²) in [6.07, 6.45) is 4.72. The molecule has 1 fully saturated rings. The molecule has 0 spiro atoms. The summed E-state index contributed by atoms with van der Waals surface area (Å²) in [6, 6.07) is 14.4. The molecule has 5 heteroatoms. The van der Waals surface area contributed by atoms with Crippen LogP contribution in [-0.4, -0.2) is 19.1 Å². The van der Waals surface area contributed by atoms with Gasteiger partial charge in [0.05, 0.1) is 13.2 Å². The summed E-state index contributed by atoms with van der Waals surface area (Å²) in [5.74, 6) is 1.19. The Bertz CT molecular complexity index is 727. The van der Waals surface area contributed by atoms with Crippen LogP contribution in [0, 0.1) is 0 Å². The fourth-order valence-corrected chi connectivity index (χ4v) is 3.27. The summed E-state index contributed by atoms with van der Waals surface area (Å²) >= 11 is 0. The van der Waals surface area contributed by atoms with Gasteiger partial charge < -0.3 is 20.5 Å². The van der Waals surface area contributed by atoms with E-state index in [9.17, 15) is 4.79 Å². The number of hydrogen-bond donors (Lipinski definition) is 2. The minimum atomic E-state index is -0.694. The zero-order valence-electron chi connectivity index (χ0n) is 15.1. The number of amides is 1. The minimum Gasteiger partial charge on any atom is -0.493 e. The van der Waals surface area contributed by atoms with Crippen molar-refractivity contribution in [2.75, 3.05) is 7.11 Å². The van der Waals surface area contributed by atoms with Crippen molar-refractivity contribution in [3.63, 3.8) is 0 Å². The van der Waals surface area contributed by atoms with Gasteiger partial charge in [-0.2, -0.15) is 0 Å². The maximum absolute atomic E-state index is 12.4. The van der Waals surface area contributed by atoms with Crippen LogP contribution in [0.3, 0.4) is 0 Å². The Labute approximate surface area is 154 Å². The average Bonchev–Trinajstić information content (AvgIpc) is 3.20. The van der Waals surface area contributed by atoms with Gasteiger partial charge in [0.1, 0.15) is 6.04 Å². The van der Waals surface area contributed by atoms with Crippen LogP contribution in [0.15, 0.2) is 48.5 Å². The molecule has 3 N–H and O–H groups in total. The SMILES string of the molecule is COc1cccc(CNC(=O)C(N)c2ccccc2)c1OC1CCCC1. The molecule has 1 amide bonds. The van der Waals surface area contributed by atoms with Gasteiger partial charge in [0.25, 0.3) is 0 Å². The van der Waals surface area contributed by atoms with Gasteiger partial charge in [-0.1, -0.05) is 42.5 Å². The Balaban J connectivity index is 1.69. The first-order valence-electron chi connectivity index (χ1n) is 9.10. The summed E-state index contributed by atoms with van der Waals surface area (Å²) in [5.41, 5.74) is 7.74. The standard InChI is InChI=1S/C21H26N2O3/c1-25-18-13-7-10-16(20(18)26-17-11-5-6-12-17)14-23-21(24)19(22)15-8-3-2-4-9-15/h2-4,7-10,13,17,19H,5-6,11-12,14,22H2,1H3,(H,23,24). The van der Waals surface area contributed by atoms with Gasteiger partial charge in [0, 0.05) is 12.1 Å². The van der Waals surface area contributed by atoms with Crippen LogP contribution in [0.1, 0.15) is 42.9 Å². The highest BCUT2D eigenvalue weighted by Gasteiger charge is 2.21. The highest BCUT2D eigenvalue weighted by Crippen LogP contribution is 2.34. The van der Waals surface area contributed by atoms with Crippen LogP contribution in [0.2, 0.25) is 0 Å². The minimum absolute atomic E-state index is 0.215. The first-order chi connectivity index (χ1) is 12.7. The molecular formula is C21H26N2O3. The zero-order valence-corrected chi connectivity index (χ0v) is 15.1. The normalized spacial score (nSPS) is 15.5. The molecule has 3 rings (SSSR count). The molecular weight excluding hydrogens is 328 g/mol. The second kappa shape index (κ2) is 8.72. The van der Waals surface area contributed by atoms with Crippen LogP contribution < -0.4 is 20.5 Å². The zero-order chi connectivity index (χ0) is 18.4. The molecule has 1 aliphatic carbocycles. The number of benzene rings is 2. The van der Waals surface area contributed by atoms with Gasteiger partial charge in [-0.25, -0.2) is 0 Å². The molecule has 2 aromatic rings. The number of nitrogens with two attached hydrogens (primary N) is 1. The van der Waals surface area contributed by atoms with Crippen molar-refractivity contribution in [1.82, 2.24) is 5.32 Å². The summed E-state index contributed by atoms with van der Waals surface area (Å²) in [6.45, 7) is 0.346. The molecule has 1 saturated carbocycles. The van der Waals surface area contributed by atoms with Crippen molar-refractivity contribution < 1.29 is 14.3 Å². The number of hydrogen-bond acceptors (Lipinski definition) is 4. The van der Waals surface area contributed by atoms with Crippen molar-refractivity contribution in [3.8, 4) is 11.5 Å². The lowest BCUT2D eigenvalue weighted by Gasteiger charge is -2.20. The number of ether oxygens (including phenoxy) is 2. The predicted octanol–water partition coefficient (Wildman–Crippen LogP) is 3.33. The van der Waals surface area contributed by atoms with E-state index in [0.717, 1.165) is 29.7 Å². The van der Waals surface area contributed by atoms with E-state index in [-0.39, 0.29) is 12.0 Å². The fraction of sp³-hybridized carbons (Fsp3) is 0.381. The third-order valence-corrected chi connectivity index (χ3v) is 4.76. The molecule has 0 bridgehead atoms. The number of methoxy groups -OCH3 is 1. The number of rotatable bonds is 7. The van der Waals surface area contributed by atoms with Crippen LogP contribution in [0.25, 0.3) is 0 Å². The molecule has 0 aliphatic heterocycles. The fourth-order valence-electron chi connectivity index (χ4n) is 3.27. The molecule has 26 heavy (non-hydrogen) atoms. The maximum Gasteiger partial charge on any atom is 0.241 e.